The molecular weight excluding hydrogens is 308 g/mol. The molecule has 1 aromatic rings. The number of benzene rings is 1. The van der Waals surface area contributed by atoms with E-state index in [0.717, 1.165) is 18.4 Å². The van der Waals surface area contributed by atoms with E-state index in [4.69, 9.17) is 0 Å². The molecule has 0 aliphatic heterocycles. The van der Waals surface area contributed by atoms with E-state index >= 15 is 0 Å². The zero-order valence-corrected chi connectivity index (χ0v) is 15.2. The molecule has 0 spiro atoms. The average molecular weight is 328 g/mol. The van der Waals surface area contributed by atoms with Gasteiger partial charge in [-0.1, -0.05) is 56.9 Å². The van der Waals surface area contributed by atoms with Gasteiger partial charge in [-0.25, -0.2) is 0 Å². The summed E-state index contributed by atoms with van der Waals surface area (Å²) in [5.41, 5.74) is 1.06. The number of carboxylic acids is 2. The summed E-state index contributed by atoms with van der Waals surface area (Å²) >= 11 is 0. The number of hydrogen-bond acceptors (Lipinski definition) is 4. The van der Waals surface area contributed by atoms with Crippen LogP contribution in [0.15, 0.2) is 30.3 Å². The van der Waals surface area contributed by atoms with Crippen LogP contribution in [0.25, 0.3) is 5.57 Å². The SMILES string of the molecule is CCCCCCCc1ccc(/C(=C/C(=O)[O-])C(=O)[O-])cc1.[Ca+2]. The van der Waals surface area contributed by atoms with Gasteiger partial charge in [0.05, 0.1) is 11.9 Å². The van der Waals surface area contributed by atoms with Crippen LogP contribution in [0.3, 0.4) is 0 Å². The molecule has 0 fully saturated rings. The molecule has 0 saturated heterocycles. The first kappa shape index (κ1) is 21.2. The Kier molecular flexibility index (Phi) is 11.2. The number of carboxylic acid groups (broad SMARTS) is 2. The standard InChI is InChI=1S/C17H22O4.Ca/c1-2-3-4-5-6-7-13-8-10-14(11-9-13)15(17(20)21)12-16(18)19;/h8-12H,2-7H2,1H3,(H,18,19)(H,20,21);/q;+2/p-2/b15-12-;. The summed E-state index contributed by atoms with van der Waals surface area (Å²) in [7, 11) is 0. The van der Waals surface area contributed by atoms with Gasteiger partial charge in [0, 0.05) is 5.57 Å². The van der Waals surface area contributed by atoms with Gasteiger partial charge < -0.3 is 19.8 Å². The Morgan fingerprint density at radius 3 is 2.09 bits per heavy atom. The maximum Gasteiger partial charge on any atom is 2.00 e. The van der Waals surface area contributed by atoms with Crippen molar-refractivity contribution in [2.45, 2.75) is 45.4 Å². The summed E-state index contributed by atoms with van der Waals surface area (Å²) in [5, 5.41) is 21.4. The Balaban J connectivity index is 0.00000441. The molecule has 0 aliphatic carbocycles. The minimum absolute atomic E-state index is 0. The van der Waals surface area contributed by atoms with E-state index in [2.05, 4.69) is 6.92 Å². The fraction of sp³-hybridized carbons (Fsp3) is 0.412. The molecule has 0 unspecified atom stereocenters. The third kappa shape index (κ3) is 7.97. The molecule has 0 heterocycles. The van der Waals surface area contributed by atoms with Crippen LogP contribution in [-0.2, 0) is 16.0 Å². The largest absolute Gasteiger partial charge is 2.00 e. The van der Waals surface area contributed by atoms with Gasteiger partial charge in [-0.3, -0.25) is 0 Å². The maximum atomic E-state index is 10.9. The van der Waals surface area contributed by atoms with Gasteiger partial charge in [-0.05, 0) is 30.0 Å². The van der Waals surface area contributed by atoms with E-state index in [0.29, 0.717) is 11.6 Å². The zero-order chi connectivity index (χ0) is 15.7. The van der Waals surface area contributed by atoms with Crippen molar-refractivity contribution in [3.05, 3.63) is 41.5 Å². The maximum absolute atomic E-state index is 10.9. The van der Waals surface area contributed by atoms with Crippen LogP contribution >= 0.6 is 0 Å². The summed E-state index contributed by atoms with van der Waals surface area (Å²) < 4.78 is 0. The van der Waals surface area contributed by atoms with Gasteiger partial charge in [-0.15, -0.1) is 0 Å². The van der Waals surface area contributed by atoms with Crippen LogP contribution in [0.4, 0.5) is 0 Å². The van der Waals surface area contributed by atoms with E-state index in [-0.39, 0.29) is 43.3 Å². The second-order valence-electron chi connectivity index (χ2n) is 5.03. The molecule has 0 N–H and O–H groups in total. The number of unbranched alkanes of at least 4 members (excludes halogenated alkanes) is 4. The van der Waals surface area contributed by atoms with Gasteiger partial charge in [0.15, 0.2) is 0 Å². The molecule has 0 radical (unpaired) electrons. The van der Waals surface area contributed by atoms with Crippen molar-refractivity contribution >= 4 is 55.2 Å². The number of hydrogen-bond donors (Lipinski definition) is 0. The molecule has 4 nitrogen and oxygen atoms in total. The summed E-state index contributed by atoms with van der Waals surface area (Å²) in [6.07, 6.45) is 7.47. The molecule has 22 heavy (non-hydrogen) atoms. The number of aliphatic carboxylic acids is 2. The van der Waals surface area contributed by atoms with Crippen molar-refractivity contribution < 1.29 is 19.8 Å². The van der Waals surface area contributed by atoms with Crippen LogP contribution in [0.1, 0.15) is 50.2 Å². The van der Waals surface area contributed by atoms with E-state index in [1.807, 2.05) is 12.1 Å². The molecular formula is C17H20CaO4. The fourth-order valence-electron chi connectivity index (χ4n) is 2.16. The first-order valence-corrected chi connectivity index (χ1v) is 7.28. The van der Waals surface area contributed by atoms with E-state index in [1.165, 1.54) is 25.7 Å². The third-order valence-corrected chi connectivity index (χ3v) is 3.32. The molecule has 1 rings (SSSR count). The predicted octanol–water partition coefficient (Wildman–Crippen LogP) is 0.702. The summed E-state index contributed by atoms with van der Waals surface area (Å²) in [6.45, 7) is 2.17. The second kappa shape index (κ2) is 11.7. The fourth-order valence-corrected chi connectivity index (χ4v) is 2.16. The normalized spacial score (nSPS) is 10.9. The molecule has 1 aromatic carbocycles. The average Bonchev–Trinajstić information content (AvgIpc) is 2.45. The molecule has 0 atom stereocenters. The first-order valence-electron chi connectivity index (χ1n) is 7.28. The van der Waals surface area contributed by atoms with Crippen molar-refractivity contribution in [1.82, 2.24) is 0 Å². The Bertz CT molecular complexity index is 506. The minimum Gasteiger partial charge on any atom is -0.545 e. The second-order valence-corrected chi connectivity index (χ2v) is 5.03. The molecule has 0 bridgehead atoms. The number of carbonyl (C=O) groups excluding carboxylic acids is 2. The Morgan fingerprint density at radius 2 is 1.59 bits per heavy atom. The van der Waals surface area contributed by atoms with Crippen LogP contribution in [-0.4, -0.2) is 49.7 Å². The summed E-state index contributed by atoms with van der Waals surface area (Å²) in [5.74, 6) is -3.07. The summed E-state index contributed by atoms with van der Waals surface area (Å²) in [6, 6.07) is 6.85. The molecule has 0 saturated carbocycles. The number of aryl methyl sites for hydroxylation is 1. The molecule has 5 heteroatoms. The van der Waals surface area contributed by atoms with E-state index < -0.39 is 11.9 Å². The van der Waals surface area contributed by atoms with Gasteiger partial charge in [0.2, 0.25) is 0 Å². The van der Waals surface area contributed by atoms with Gasteiger partial charge in [0.1, 0.15) is 0 Å². The topological polar surface area (TPSA) is 80.3 Å². The van der Waals surface area contributed by atoms with Crippen molar-refractivity contribution in [3.8, 4) is 0 Å². The van der Waals surface area contributed by atoms with Crippen LogP contribution in [0, 0.1) is 0 Å². The molecule has 0 aliphatic rings. The quantitative estimate of drug-likeness (QED) is 0.380. The van der Waals surface area contributed by atoms with Gasteiger partial charge >= 0.3 is 37.7 Å². The smallest absolute Gasteiger partial charge is 0.545 e. The number of carbonyl (C=O) groups is 2. The first-order chi connectivity index (χ1) is 10.0. The zero-order valence-electron chi connectivity index (χ0n) is 13.0. The third-order valence-electron chi connectivity index (χ3n) is 3.32. The van der Waals surface area contributed by atoms with Gasteiger partial charge in [-0.2, -0.15) is 0 Å². The van der Waals surface area contributed by atoms with Crippen molar-refractivity contribution in [1.29, 1.82) is 0 Å². The van der Waals surface area contributed by atoms with Gasteiger partial charge in [0.25, 0.3) is 0 Å². The summed E-state index contributed by atoms with van der Waals surface area (Å²) in [4.78, 5) is 21.4. The van der Waals surface area contributed by atoms with Crippen LogP contribution in [0.5, 0.6) is 0 Å². The van der Waals surface area contributed by atoms with Crippen LogP contribution in [0.2, 0.25) is 0 Å². The van der Waals surface area contributed by atoms with Crippen molar-refractivity contribution in [3.63, 3.8) is 0 Å². The predicted molar refractivity (Wildman–Crippen MR) is 82.7 cm³/mol. The Morgan fingerprint density at radius 1 is 1.00 bits per heavy atom. The van der Waals surface area contributed by atoms with E-state index in [9.17, 15) is 19.8 Å². The Hall–Kier alpha value is -0.840. The van der Waals surface area contributed by atoms with E-state index in [1.54, 1.807) is 12.1 Å². The monoisotopic (exact) mass is 328 g/mol. The van der Waals surface area contributed by atoms with Crippen LogP contribution < -0.4 is 10.2 Å². The molecule has 0 aromatic heterocycles. The van der Waals surface area contributed by atoms with Crippen molar-refractivity contribution in [2.75, 3.05) is 0 Å². The molecule has 114 valence electrons. The molecule has 0 amide bonds. The minimum atomic E-state index is -1.55. The Labute approximate surface area is 161 Å². The van der Waals surface area contributed by atoms with Crippen molar-refractivity contribution in [2.24, 2.45) is 0 Å². The number of rotatable bonds is 9.